The number of hydrogen-bond donors (Lipinski definition) is 1. The zero-order valence-electron chi connectivity index (χ0n) is 12.6. The molecule has 5 heteroatoms. The summed E-state index contributed by atoms with van der Waals surface area (Å²) in [7, 11) is 0. The highest BCUT2D eigenvalue weighted by atomic mass is 32.2. The molecule has 1 aromatic heterocycles. The van der Waals surface area contributed by atoms with E-state index in [4.69, 9.17) is 0 Å². The molecule has 1 atom stereocenters. The number of carbonyl (C=O) groups is 1. The van der Waals surface area contributed by atoms with E-state index >= 15 is 0 Å². The fourth-order valence-electron chi connectivity index (χ4n) is 2.12. The van der Waals surface area contributed by atoms with Crippen molar-refractivity contribution in [3.05, 3.63) is 77.3 Å². The lowest BCUT2D eigenvalue weighted by atomic mass is 10.1. The molecule has 0 fully saturated rings. The van der Waals surface area contributed by atoms with Crippen molar-refractivity contribution in [2.45, 2.75) is 17.1 Å². The van der Waals surface area contributed by atoms with E-state index in [1.54, 1.807) is 18.0 Å². The van der Waals surface area contributed by atoms with Gasteiger partial charge < -0.3 is 5.32 Å². The molecule has 0 saturated carbocycles. The van der Waals surface area contributed by atoms with Crippen molar-refractivity contribution >= 4 is 34.1 Å². The molecule has 0 aliphatic rings. The van der Waals surface area contributed by atoms with Gasteiger partial charge in [0, 0.05) is 16.0 Å². The largest absolute Gasteiger partial charge is 0.301 e. The molecule has 1 N–H and O–H groups in total. The molecule has 1 amide bonds. The Morgan fingerprint density at radius 1 is 1.09 bits per heavy atom. The van der Waals surface area contributed by atoms with E-state index in [1.807, 2.05) is 67.6 Å². The predicted molar refractivity (Wildman–Crippen MR) is 97.0 cm³/mol. The third kappa shape index (κ3) is 4.21. The van der Waals surface area contributed by atoms with Crippen molar-refractivity contribution in [2.75, 3.05) is 5.32 Å². The maximum atomic E-state index is 12.8. The third-order valence-electron chi connectivity index (χ3n) is 3.19. The van der Waals surface area contributed by atoms with E-state index in [9.17, 15) is 4.79 Å². The lowest BCUT2D eigenvalue weighted by Gasteiger charge is -2.16. The summed E-state index contributed by atoms with van der Waals surface area (Å²) in [6, 6.07) is 19.8. The van der Waals surface area contributed by atoms with Gasteiger partial charge in [-0.25, -0.2) is 4.98 Å². The first-order chi connectivity index (χ1) is 11.2. The van der Waals surface area contributed by atoms with Crippen molar-refractivity contribution in [3.63, 3.8) is 0 Å². The summed E-state index contributed by atoms with van der Waals surface area (Å²) >= 11 is 3.02. The van der Waals surface area contributed by atoms with E-state index in [-0.39, 0.29) is 11.2 Å². The number of amides is 1. The standard InChI is InChI=1S/C18H16N2OS2/c1-13-12-19-18(22-13)20-17(21)16(14-8-4-2-5-9-14)23-15-10-6-3-7-11-15/h2-12,16H,1H3,(H,19,20,21). The fraction of sp³-hybridized carbons (Fsp3) is 0.111. The van der Waals surface area contributed by atoms with Gasteiger partial charge in [-0.05, 0) is 24.6 Å². The van der Waals surface area contributed by atoms with Gasteiger partial charge in [0.05, 0.1) is 0 Å². The fourth-order valence-corrected chi connectivity index (χ4v) is 3.83. The van der Waals surface area contributed by atoms with E-state index in [2.05, 4.69) is 10.3 Å². The quantitative estimate of drug-likeness (QED) is 0.670. The molecule has 3 rings (SSSR count). The Bertz CT molecular complexity index is 772. The molecule has 2 aromatic carbocycles. The van der Waals surface area contributed by atoms with Crippen LogP contribution in [0.1, 0.15) is 15.7 Å². The van der Waals surface area contributed by atoms with Crippen LogP contribution in [0.5, 0.6) is 0 Å². The van der Waals surface area contributed by atoms with Gasteiger partial charge in [-0.1, -0.05) is 48.5 Å². The average molecular weight is 340 g/mol. The number of thioether (sulfide) groups is 1. The molecule has 0 saturated heterocycles. The van der Waals surface area contributed by atoms with Gasteiger partial charge in [-0.3, -0.25) is 4.79 Å². The van der Waals surface area contributed by atoms with Crippen molar-refractivity contribution in [2.24, 2.45) is 0 Å². The van der Waals surface area contributed by atoms with Gasteiger partial charge in [0.2, 0.25) is 5.91 Å². The summed E-state index contributed by atoms with van der Waals surface area (Å²) in [6.45, 7) is 1.97. The Labute approximate surface area is 143 Å². The molecule has 0 bridgehead atoms. The van der Waals surface area contributed by atoms with Crippen LogP contribution >= 0.6 is 23.1 Å². The number of hydrogen-bond acceptors (Lipinski definition) is 4. The van der Waals surface area contributed by atoms with E-state index < -0.39 is 0 Å². The van der Waals surface area contributed by atoms with Gasteiger partial charge >= 0.3 is 0 Å². The Morgan fingerprint density at radius 2 is 1.74 bits per heavy atom. The number of aromatic nitrogens is 1. The number of thiazole rings is 1. The molecule has 0 aliphatic heterocycles. The maximum Gasteiger partial charge on any atom is 0.244 e. The van der Waals surface area contributed by atoms with Crippen molar-refractivity contribution in [1.82, 2.24) is 4.98 Å². The summed E-state index contributed by atoms with van der Waals surface area (Å²) in [5.74, 6) is -0.0561. The molecule has 0 spiro atoms. The van der Waals surface area contributed by atoms with Crippen LogP contribution < -0.4 is 5.32 Å². The summed E-state index contributed by atoms with van der Waals surface area (Å²) in [5, 5.41) is 3.25. The number of aryl methyl sites for hydroxylation is 1. The van der Waals surface area contributed by atoms with E-state index in [0.717, 1.165) is 15.3 Å². The van der Waals surface area contributed by atoms with Crippen LogP contribution in [-0.4, -0.2) is 10.9 Å². The molecule has 1 heterocycles. The van der Waals surface area contributed by atoms with Gasteiger partial charge in [0.1, 0.15) is 5.25 Å². The Kier molecular flexibility index (Phi) is 5.10. The third-order valence-corrected chi connectivity index (χ3v) is 5.28. The molecule has 23 heavy (non-hydrogen) atoms. The molecule has 0 radical (unpaired) electrons. The molecule has 116 valence electrons. The topological polar surface area (TPSA) is 42.0 Å². The van der Waals surface area contributed by atoms with Gasteiger partial charge in [0.15, 0.2) is 5.13 Å². The summed E-state index contributed by atoms with van der Waals surface area (Å²) in [6.07, 6.45) is 1.77. The molecule has 3 nitrogen and oxygen atoms in total. The Hall–Kier alpha value is -2.11. The minimum absolute atomic E-state index is 0.0561. The van der Waals surface area contributed by atoms with Crippen molar-refractivity contribution in [3.8, 4) is 0 Å². The predicted octanol–water partition coefficient (Wildman–Crippen LogP) is 4.92. The highest BCUT2D eigenvalue weighted by Gasteiger charge is 2.22. The minimum atomic E-state index is -0.317. The number of carbonyl (C=O) groups excluding carboxylic acids is 1. The number of rotatable bonds is 5. The Balaban J connectivity index is 1.84. The number of nitrogens with one attached hydrogen (secondary N) is 1. The van der Waals surface area contributed by atoms with Crippen LogP contribution in [-0.2, 0) is 4.79 Å². The second-order valence-corrected chi connectivity index (χ2v) is 7.40. The highest BCUT2D eigenvalue weighted by molar-refractivity contribution is 8.00. The normalized spacial score (nSPS) is 11.9. The van der Waals surface area contributed by atoms with Gasteiger partial charge in [0.25, 0.3) is 0 Å². The minimum Gasteiger partial charge on any atom is -0.301 e. The summed E-state index contributed by atoms with van der Waals surface area (Å²) < 4.78 is 0. The maximum absolute atomic E-state index is 12.8. The highest BCUT2D eigenvalue weighted by Crippen LogP contribution is 2.36. The smallest absolute Gasteiger partial charge is 0.244 e. The van der Waals surface area contributed by atoms with Crippen LogP contribution in [0, 0.1) is 6.92 Å². The van der Waals surface area contributed by atoms with E-state index in [0.29, 0.717) is 5.13 Å². The molecular formula is C18H16N2OS2. The van der Waals surface area contributed by atoms with Crippen LogP contribution in [0.25, 0.3) is 0 Å². The second-order valence-electron chi connectivity index (χ2n) is 4.99. The summed E-state index contributed by atoms with van der Waals surface area (Å²) in [4.78, 5) is 19.1. The molecule has 1 unspecified atom stereocenters. The monoisotopic (exact) mass is 340 g/mol. The first-order valence-corrected chi connectivity index (χ1v) is 8.92. The van der Waals surface area contributed by atoms with Crippen molar-refractivity contribution < 1.29 is 4.79 Å². The SMILES string of the molecule is Cc1cnc(NC(=O)C(Sc2ccccc2)c2ccccc2)s1. The Morgan fingerprint density at radius 3 is 2.35 bits per heavy atom. The molecule has 0 aliphatic carbocycles. The van der Waals surface area contributed by atoms with Gasteiger partial charge in [-0.15, -0.1) is 23.1 Å². The van der Waals surface area contributed by atoms with Crippen molar-refractivity contribution in [1.29, 1.82) is 0 Å². The first kappa shape index (κ1) is 15.8. The lowest BCUT2D eigenvalue weighted by molar-refractivity contribution is -0.115. The molecular weight excluding hydrogens is 324 g/mol. The second kappa shape index (κ2) is 7.44. The molecule has 3 aromatic rings. The lowest BCUT2D eigenvalue weighted by Crippen LogP contribution is -2.18. The zero-order chi connectivity index (χ0) is 16.1. The van der Waals surface area contributed by atoms with E-state index in [1.165, 1.54) is 11.3 Å². The average Bonchev–Trinajstić information content (AvgIpc) is 2.99. The number of anilines is 1. The number of nitrogens with zero attached hydrogens (tertiary/aromatic N) is 1. The van der Waals surface area contributed by atoms with Crippen LogP contribution in [0.15, 0.2) is 71.8 Å². The van der Waals surface area contributed by atoms with Crippen LogP contribution in [0.4, 0.5) is 5.13 Å². The first-order valence-electron chi connectivity index (χ1n) is 7.22. The summed E-state index contributed by atoms with van der Waals surface area (Å²) in [5.41, 5.74) is 0.979. The van der Waals surface area contributed by atoms with Crippen LogP contribution in [0.3, 0.4) is 0 Å². The zero-order valence-corrected chi connectivity index (χ0v) is 14.2. The number of benzene rings is 2. The van der Waals surface area contributed by atoms with Crippen LogP contribution in [0.2, 0.25) is 0 Å². The van der Waals surface area contributed by atoms with Gasteiger partial charge in [-0.2, -0.15) is 0 Å².